The van der Waals surface area contributed by atoms with Gasteiger partial charge in [0.1, 0.15) is 1.93 Å². The van der Waals surface area contributed by atoms with E-state index in [0.717, 1.165) is 13.1 Å². The van der Waals surface area contributed by atoms with E-state index in [0.29, 0.717) is 0 Å². The molecule has 0 aromatic heterocycles. The number of amides is 1. The molecule has 0 spiro atoms. The predicted molar refractivity (Wildman–Crippen MR) is 48.4 cm³/mol. The summed E-state index contributed by atoms with van der Waals surface area (Å²) in [6.45, 7) is 1.95. The van der Waals surface area contributed by atoms with E-state index in [2.05, 4.69) is 45.2 Å². The maximum absolute atomic E-state index is 10.8. The van der Waals surface area contributed by atoms with E-state index in [4.69, 9.17) is 0 Å². The number of halogens is 2. The van der Waals surface area contributed by atoms with Gasteiger partial charge in [0.2, 0.25) is 5.91 Å². The topological polar surface area (TPSA) is 20.1 Å². The monoisotopic (exact) mass is 337 g/mol. The van der Waals surface area contributed by atoms with Gasteiger partial charge in [-0.2, -0.15) is 0 Å². The Kier molecular flexibility index (Phi) is 2.36. The fourth-order valence-electron chi connectivity index (χ4n) is 0.408. The summed E-state index contributed by atoms with van der Waals surface area (Å²) in [5.41, 5.74) is 0. The van der Waals surface area contributed by atoms with Crippen molar-refractivity contribution in [3.05, 3.63) is 0 Å². The first-order valence-corrected chi connectivity index (χ1v) is 4.78. The molecule has 1 saturated heterocycles. The molecule has 1 aliphatic heterocycles. The molecule has 0 saturated carbocycles. The van der Waals surface area contributed by atoms with Crippen LogP contribution in [0.5, 0.6) is 0 Å². The zero-order chi connectivity index (χ0) is 6.15. The van der Waals surface area contributed by atoms with Crippen LogP contribution in [0.1, 0.15) is 0 Å². The molecular formula is C4H5I2NO. The summed E-state index contributed by atoms with van der Waals surface area (Å²) in [4.78, 5) is 12.7. The van der Waals surface area contributed by atoms with Crippen molar-refractivity contribution in [2.24, 2.45) is 0 Å². The Labute approximate surface area is 75.3 Å². The van der Waals surface area contributed by atoms with Gasteiger partial charge in [-0.05, 0) is 0 Å². The number of carbonyl (C=O) groups excluding carboxylic acids is 1. The largest absolute Gasteiger partial charge is 0.338 e. The van der Waals surface area contributed by atoms with Gasteiger partial charge in [0.15, 0.2) is 0 Å². The van der Waals surface area contributed by atoms with E-state index < -0.39 is 0 Å². The molecule has 4 heteroatoms. The first kappa shape index (κ1) is 7.04. The second-order valence-corrected chi connectivity index (χ2v) is 6.50. The molecular weight excluding hydrogens is 332 g/mol. The molecule has 0 aromatic carbocycles. The number of alkyl halides is 2. The molecule has 1 rings (SSSR count). The second kappa shape index (κ2) is 2.68. The molecule has 0 aromatic rings. The molecule has 0 atom stereocenters. The molecule has 0 aliphatic carbocycles. The van der Waals surface area contributed by atoms with Crippen molar-refractivity contribution in [2.45, 2.75) is 1.93 Å². The summed E-state index contributed by atoms with van der Waals surface area (Å²) in [5, 5.41) is 0. The highest BCUT2D eigenvalue weighted by atomic mass is 127. The average Bonchev–Trinajstić information content (AvgIpc) is 2.43. The third-order valence-electron chi connectivity index (χ3n) is 0.946. The maximum atomic E-state index is 10.8. The van der Waals surface area contributed by atoms with E-state index in [1.807, 2.05) is 4.90 Å². The van der Waals surface area contributed by atoms with Crippen LogP contribution in [0.25, 0.3) is 0 Å². The van der Waals surface area contributed by atoms with Gasteiger partial charge >= 0.3 is 0 Å². The summed E-state index contributed by atoms with van der Waals surface area (Å²) in [6.07, 6.45) is 0. The van der Waals surface area contributed by atoms with Crippen molar-refractivity contribution in [1.82, 2.24) is 4.90 Å². The Bertz CT molecular complexity index is 107. The van der Waals surface area contributed by atoms with Gasteiger partial charge < -0.3 is 4.90 Å². The van der Waals surface area contributed by atoms with Crippen LogP contribution in [0.15, 0.2) is 0 Å². The van der Waals surface area contributed by atoms with Crippen molar-refractivity contribution in [3.63, 3.8) is 0 Å². The minimum atomic E-state index is 0.132. The van der Waals surface area contributed by atoms with Gasteiger partial charge in [-0.3, -0.25) is 4.79 Å². The lowest BCUT2D eigenvalue weighted by molar-refractivity contribution is -0.123. The zero-order valence-corrected chi connectivity index (χ0v) is 8.42. The summed E-state index contributed by atoms with van der Waals surface area (Å²) >= 11 is 4.24. The molecule has 1 fully saturated rings. The van der Waals surface area contributed by atoms with Crippen LogP contribution in [-0.4, -0.2) is 25.8 Å². The van der Waals surface area contributed by atoms with Gasteiger partial charge in [-0.1, -0.05) is 45.2 Å². The Morgan fingerprint density at radius 2 is 2.00 bits per heavy atom. The summed E-state index contributed by atoms with van der Waals surface area (Å²) in [5.74, 6) is 0.270. The highest BCUT2D eigenvalue weighted by molar-refractivity contribution is 14.2. The smallest absolute Gasteiger partial charge is 0.245 e. The van der Waals surface area contributed by atoms with Crippen LogP contribution in [-0.2, 0) is 4.79 Å². The Morgan fingerprint density at radius 1 is 1.50 bits per heavy atom. The fourth-order valence-corrected chi connectivity index (χ4v) is 1.20. The predicted octanol–water partition coefficient (Wildman–Crippen LogP) is 1.02. The summed E-state index contributed by atoms with van der Waals surface area (Å²) < 4.78 is 0.132. The van der Waals surface area contributed by atoms with Crippen LogP contribution in [0, 0.1) is 0 Å². The Balaban J connectivity index is 2.33. The van der Waals surface area contributed by atoms with Crippen LogP contribution in [0.2, 0.25) is 0 Å². The lowest BCUT2D eigenvalue weighted by atomic mass is 10.7. The standard InChI is InChI=1S/C4H5I2NO/c5-3(6)4(8)7-1-2-7/h3H,1-2H2. The van der Waals surface area contributed by atoms with E-state index in [1.54, 1.807) is 0 Å². The Morgan fingerprint density at radius 3 is 2.12 bits per heavy atom. The molecule has 0 N–H and O–H groups in total. The van der Waals surface area contributed by atoms with Gasteiger partial charge in [-0.25, -0.2) is 0 Å². The first-order chi connectivity index (χ1) is 3.72. The quantitative estimate of drug-likeness (QED) is 0.398. The minimum Gasteiger partial charge on any atom is -0.338 e. The SMILES string of the molecule is O=C(C(I)I)N1CC1. The number of rotatable bonds is 1. The van der Waals surface area contributed by atoms with Gasteiger partial charge in [0, 0.05) is 13.1 Å². The highest BCUT2D eigenvalue weighted by Gasteiger charge is 2.27. The number of nitrogens with zero attached hydrogens (tertiary/aromatic N) is 1. The van der Waals surface area contributed by atoms with Crippen molar-refractivity contribution < 1.29 is 4.79 Å². The third-order valence-corrected chi connectivity index (χ3v) is 2.01. The van der Waals surface area contributed by atoms with Crippen molar-refractivity contribution in [1.29, 1.82) is 0 Å². The number of hydrogen-bond acceptors (Lipinski definition) is 1. The zero-order valence-electron chi connectivity index (χ0n) is 4.10. The van der Waals surface area contributed by atoms with Crippen molar-refractivity contribution >= 4 is 51.1 Å². The lowest BCUT2D eigenvalue weighted by Gasteiger charge is -1.98. The third kappa shape index (κ3) is 1.71. The van der Waals surface area contributed by atoms with Crippen molar-refractivity contribution in [3.8, 4) is 0 Å². The second-order valence-electron chi connectivity index (χ2n) is 1.63. The molecule has 1 amide bonds. The maximum Gasteiger partial charge on any atom is 0.245 e. The van der Waals surface area contributed by atoms with Gasteiger partial charge in [0.05, 0.1) is 0 Å². The molecule has 46 valence electrons. The molecule has 2 nitrogen and oxygen atoms in total. The van der Waals surface area contributed by atoms with Crippen LogP contribution < -0.4 is 0 Å². The fraction of sp³-hybridized carbons (Fsp3) is 0.750. The van der Waals surface area contributed by atoms with E-state index in [1.165, 1.54) is 0 Å². The van der Waals surface area contributed by atoms with Crippen LogP contribution >= 0.6 is 45.2 Å². The average molecular weight is 337 g/mol. The van der Waals surface area contributed by atoms with Crippen molar-refractivity contribution in [2.75, 3.05) is 13.1 Å². The Hall–Kier alpha value is 0.930. The normalized spacial score (nSPS) is 17.1. The number of hydrogen-bond donors (Lipinski definition) is 0. The molecule has 0 unspecified atom stereocenters. The highest BCUT2D eigenvalue weighted by Crippen LogP contribution is 2.17. The molecule has 1 heterocycles. The van der Waals surface area contributed by atoms with Gasteiger partial charge in [0.25, 0.3) is 0 Å². The van der Waals surface area contributed by atoms with Gasteiger partial charge in [-0.15, -0.1) is 0 Å². The summed E-state index contributed by atoms with van der Waals surface area (Å²) in [7, 11) is 0. The molecule has 1 aliphatic rings. The van der Waals surface area contributed by atoms with Crippen LogP contribution in [0.3, 0.4) is 0 Å². The molecule has 0 bridgehead atoms. The molecule has 8 heavy (non-hydrogen) atoms. The molecule has 0 radical (unpaired) electrons. The van der Waals surface area contributed by atoms with E-state index in [-0.39, 0.29) is 7.84 Å². The first-order valence-electron chi connectivity index (χ1n) is 2.29. The lowest BCUT2D eigenvalue weighted by Crippen LogP contribution is -2.16. The minimum absolute atomic E-state index is 0.132. The number of carbonyl (C=O) groups is 1. The van der Waals surface area contributed by atoms with E-state index in [9.17, 15) is 4.79 Å². The summed E-state index contributed by atoms with van der Waals surface area (Å²) in [6, 6.07) is 0. The van der Waals surface area contributed by atoms with Crippen LogP contribution in [0.4, 0.5) is 0 Å². The van der Waals surface area contributed by atoms with E-state index >= 15 is 0 Å².